The predicted octanol–water partition coefficient (Wildman–Crippen LogP) is 2.09. The Morgan fingerprint density at radius 2 is 2.09 bits per heavy atom. The number of rotatable bonds is 9. The van der Waals surface area contributed by atoms with Crippen molar-refractivity contribution in [1.29, 1.82) is 0 Å². The molecule has 0 aliphatic carbocycles. The van der Waals surface area contributed by atoms with Crippen LogP contribution in [0.5, 0.6) is 0 Å². The highest BCUT2D eigenvalue weighted by Crippen LogP contribution is 2.24. The van der Waals surface area contributed by atoms with Crippen molar-refractivity contribution in [3.63, 3.8) is 0 Å². The molecule has 2 fully saturated rings. The van der Waals surface area contributed by atoms with E-state index in [0.29, 0.717) is 36.5 Å². The summed E-state index contributed by atoms with van der Waals surface area (Å²) in [5.74, 6) is 0.709. The number of ether oxygens (including phenoxy) is 1. The van der Waals surface area contributed by atoms with Crippen LogP contribution in [0.1, 0.15) is 48.5 Å². The summed E-state index contributed by atoms with van der Waals surface area (Å²) in [5.41, 5.74) is 6.48. The quantitative estimate of drug-likeness (QED) is 0.475. The summed E-state index contributed by atoms with van der Waals surface area (Å²) < 4.78 is 7.27. The van der Waals surface area contributed by atoms with E-state index in [1.54, 1.807) is 11.1 Å². The molecule has 2 aliphatic heterocycles. The molecular weight excluding hydrogens is 436 g/mol. The first-order chi connectivity index (χ1) is 16.5. The Balaban J connectivity index is 1.40. The Hall–Kier alpha value is -3.47. The SMILES string of the molecule is C=CC(=O)N1CCC[C@H](n2cc(Nc3ncc(C(N)=O)c(NCCC4CCOCC4)n3)cn2)C1. The zero-order chi connectivity index (χ0) is 23.9. The molecule has 4 N–H and O–H groups in total. The first kappa shape index (κ1) is 23.7. The maximum Gasteiger partial charge on any atom is 0.254 e. The molecule has 4 rings (SSSR count). The fourth-order valence-electron chi connectivity index (χ4n) is 4.42. The fraction of sp³-hybridized carbons (Fsp3) is 0.522. The normalized spacial score (nSPS) is 18.9. The van der Waals surface area contributed by atoms with Gasteiger partial charge in [-0.2, -0.15) is 10.1 Å². The number of aromatic nitrogens is 4. The second-order valence-corrected chi connectivity index (χ2v) is 8.71. The van der Waals surface area contributed by atoms with Crippen molar-refractivity contribution < 1.29 is 14.3 Å². The monoisotopic (exact) mass is 468 g/mol. The van der Waals surface area contributed by atoms with Crippen LogP contribution in [0.25, 0.3) is 0 Å². The molecule has 0 unspecified atom stereocenters. The minimum Gasteiger partial charge on any atom is -0.381 e. The number of primary amides is 1. The Kier molecular flexibility index (Phi) is 7.73. The first-order valence-electron chi connectivity index (χ1n) is 11.7. The summed E-state index contributed by atoms with van der Waals surface area (Å²) >= 11 is 0. The molecule has 2 amide bonds. The molecule has 0 radical (unpaired) electrons. The molecule has 2 aromatic heterocycles. The standard InChI is InChI=1S/C23H32N8O3/c1-2-20(32)30-9-3-4-18(15-30)31-14-17(12-27-31)28-23-26-13-19(21(24)33)22(29-23)25-8-5-16-6-10-34-11-7-16/h2,12-14,16,18H,1,3-11,15H2,(H2,24,33)(H2,25,26,28,29)/t18-/m0/s1. The Morgan fingerprint density at radius 3 is 2.85 bits per heavy atom. The van der Waals surface area contributed by atoms with E-state index in [1.165, 1.54) is 12.3 Å². The highest BCUT2D eigenvalue weighted by molar-refractivity contribution is 5.97. The average molecular weight is 469 g/mol. The molecule has 11 nitrogen and oxygen atoms in total. The Labute approximate surface area is 198 Å². The Bertz CT molecular complexity index is 1020. The van der Waals surface area contributed by atoms with Crippen LogP contribution >= 0.6 is 0 Å². The number of nitrogens with two attached hydrogens (primary N) is 1. The van der Waals surface area contributed by atoms with Crippen LogP contribution in [0.2, 0.25) is 0 Å². The molecule has 0 bridgehead atoms. The smallest absolute Gasteiger partial charge is 0.254 e. The third-order valence-corrected chi connectivity index (χ3v) is 6.35. The molecule has 0 spiro atoms. The summed E-state index contributed by atoms with van der Waals surface area (Å²) in [6.45, 7) is 7.19. The number of anilines is 3. The largest absolute Gasteiger partial charge is 0.381 e. The number of carbonyl (C=O) groups excluding carboxylic acids is 2. The van der Waals surface area contributed by atoms with Crippen molar-refractivity contribution in [3.8, 4) is 0 Å². The lowest BCUT2D eigenvalue weighted by atomic mass is 9.97. The molecule has 11 heteroatoms. The van der Waals surface area contributed by atoms with Gasteiger partial charge in [0, 0.05) is 45.2 Å². The molecule has 2 aliphatic rings. The van der Waals surface area contributed by atoms with Crippen molar-refractivity contribution >= 4 is 29.3 Å². The van der Waals surface area contributed by atoms with E-state index < -0.39 is 5.91 Å². The van der Waals surface area contributed by atoms with Gasteiger partial charge in [0.25, 0.3) is 5.91 Å². The van der Waals surface area contributed by atoms with Crippen LogP contribution in [0.15, 0.2) is 31.2 Å². The summed E-state index contributed by atoms with van der Waals surface area (Å²) in [6, 6.07) is 0.0915. The van der Waals surface area contributed by atoms with Gasteiger partial charge in [-0.15, -0.1) is 0 Å². The van der Waals surface area contributed by atoms with Gasteiger partial charge in [0.15, 0.2) is 0 Å². The summed E-state index contributed by atoms with van der Waals surface area (Å²) in [6.07, 6.45) is 11.2. The lowest BCUT2D eigenvalue weighted by Gasteiger charge is -2.32. The van der Waals surface area contributed by atoms with Gasteiger partial charge in [0.1, 0.15) is 5.82 Å². The van der Waals surface area contributed by atoms with Gasteiger partial charge in [-0.05, 0) is 44.1 Å². The van der Waals surface area contributed by atoms with E-state index >= 15 is 0 Å². The predicted molar refractivity (Wildman–Crippen MR) is 128 cm³/mol. The molecule has 2 aromatic rings. The number of nitrogens with zero attached hydrogens (tertiary/aromatic N) is 5. The molecule has 4 heterocycles. The van der Waals surface area contributed by atoms with Gasteiger partial charge in [-0.25, -0.2) is 4.98 Å². The van der Waals surface area contributed by atoms with Crippen molar-refractivity contribution in [2.75, 3.05) is 43.5 Å². The minimum atomic E-state index is -0.580. The van der Waals surface area contributed by atoms with E-state index in [2.05, 4.69) is 32.3 Å². The van der Waals surface area contributed by atoms with Gasteiger partial charge in [-0.3, -0.25) is 14.3 Å². The van der Waals surface area contributed by atoms with Crippen molar-refractivity contribution in [2.24, 2.45) is 11.7 Å². The van der Waals surface area contributed by atoms with Crippen LogP contribution in [0, 0.1) is 5.92 Å². The number of hydrogen-bond donors (Lipinski definition) is 3. The van der Waals surface area contributed by atoms with Gasteiger partial charge in [0.2, 0.25) is 11.9 Å². The minimum absolute atomic E-state index is 0.0602. The number of nitrogens with one attached hydrogen (secondary N) is 2. The molecule has 182 valence electrons. The van der Waals surface area contributed by atoms with E-state index in [-0.39, 0.29) is 17.5 Å². The molecule has 2 saturated heterocycles. The maximum atomic E-state index is 12.0. The van der Waals surface area contributed by atoms with Crippen molar-refractivity contribution in [3.05, 3.63) is 36.8 Å². The van der Waals surface area contributed by atoms with Crippen LogP contribution in [0.4, 0.5) is 17.5 Å². The molecule has 34 heavy (non-hydrogen) atoms. The number of amides is 2. The van der Waals surface area contributed by atoms with E-state index in [4.69, 9.17) is 10.5 Å². The second-order valence-electron chi connectivity index (χ2n) is 8.71. The average Bonchev–Trinajstić information content (AvgIpc) is 3.33. The van der Waals surface area contributed by atoms with Gasteiger partial charge in [-0.1, -0.05) is 6.58 Å². The van der Waals surface area contributed by atoms with Gasteiger partial charge < -0.3 is 26.0 Å². The molecule has 1 atom stereocenters. The second kappa shape index (κ2) is 11.1. The highest BCUT2D eigenvalue weighted by atomic mass is 16.5. The number of likely N-dealkylation sites (tertiary alicyclic amines) is 1. The third kappa shape index (κ3) is 5.90. The Morgan fingerprint density at radius 1 is 1.26 bits per heavy atom. The van der Waals surface area contributed by atoms with Crippen LogP contribution in [0.3, 0.4) is 0 Å². The highest BCUT2D eigenvalue weighted by Gasteiger charge is 2.24. The summed E-state index contributed by atoms with van der Waals surface area (Å²) in [5, 5.41) is 10.9. The zero-order valence-electron chi connectivity index (χ0n) is 19.3. The van der Waals surface area contributed by atoms with Gasteiger partial charge in [0.05, 0.1) is 23.5 Å². The van der Waals surface area contributed by atoms with Crippen LogP contribution < -0.4 is 16.4 Å². The van der Waals surface area contributed by atoms with Crippen LogP contribution in [-0.2, 0) is 9.53 Å². The molecule has 0 saturated carbocycles. The lowest BCUT2D eigenvalue weighted by molar-refractivity contribution is -0.127. The first-order valence-corrected chi connectivity index (χ1v) is 11.7. The maximum absolute atomic E-state index is 12.0. The summed E-state index contributed by atoms with van der Waals surface area (Å²) in [4.78, 5) is 34.3. The zero-order valence-corrected chi connectivity index (χ0v) is 19.3. The molecule has 0 aromatic carbocycles. The van der Waals surface area contributed by atoms with Crippen molar-refractivity contribution in [2.45, 2.75) is 38.1 Å². The summed E-state index contributed by atoms with van der Waals surface area (Å²) in [7, 11) is 0. The van der Waals surface area contributed by atoms with E-state index in [1.807, 2.05) is 10.9 Å². The molecular formula is C23H32N8O3. The topological polar surface area (TPSA) is 140 Å². The van der Waals surface area contributed by atoms with Gasteiger partial charge >= 0.3 is 0 Å². The van der Waals surface area contributed by atoms with Crippen LogP contribution in [-0.4, -0.2) is 69.3 Å². The van der Waals surface area contributed by atoms with Crippen molar-refractivity contribution in [1.82, 2.24) is 24.6 Å². The van der Waals surface area contributed by atoms with E-state index in [0.717, 1.165) is 51.9 Å². The number of carbonyl (C=O) groups is 2. The van der Waals surface area contributed by atoms with E-state index in [9.17, 15) is 9.59 Å². The number of hydrogen-bond acceptors (Lipinski definition) is 8. The number of piperidine rings is 1. The third-order valence-electron chi connectivity index (χ3n) is 6.35. The lowest BCUT2D eigenvalue weighted by Crippen LogP contribution is -2.39. The fourth-order valence-corrected chi connectivity index (χ4v) is 4.42.